The van der Waals surface area contributed by atoms with Gasteiger partial charge in [-0.2, -0.15) is 4.98 Å². The summed E-state index contributed by atoms with van der Waals surface area (Å²) >= 11 is 12.5. The van der Waals surface area contributed by atoms with E-state index in [0.29, 0.717) is 21.3 Å². The summed E-state index contributed by atoms with van der Waals surface area (Å²) in [7, 11) is 0. The van der Waals surface area contributed by atoms with Gasteiger partial charge in [0.25, 0.3) is 0 Å². The van der Waals surface area contributed by atoms with Crippen molar-refractivity contribution in [3.8, 4) is 11.8 Å². The predicted molar refractivity (Wildman–Crippen MR) is 92.0 cm³/mol. The van der Waals surface area contributed by atoms with E-state index in [-0.39, 0.29) is 11.8 Å². The highest BCUT2D eigenvalue weighted by atomic mass is 35.5. The van der Waals surface area contributed by atoms with Gasteiger partial charge in [0.1, 0.15) is 5.82 Å². The molecule has 0 aliphatic heterocycles. The summed E-state index contributed by atoms with van der Waals surface area (Å²) in [6.45, 7) is 5.67. The van der Waals surface area contributed by atoms with Crippen molar-refractivity contribution in [3.63, 3.8) is 0 Å². The number of nitrogens with zero attached hydrogens (tertiary/aromatic N) is 2. The molecule has 0 aliphatic rings. The molecule has 0 spiro atoms. The molecule has 0 atom stereocenters. The van der Waals surface area contributed by atoms with Gasteiger partial charge >= 0.3 is 0 Å². The van der Waals surface area contributed by atoms with E-state index in [9.17, 15) is 0 Å². The van der Waals surface area contributed by atoms with Crippen LogP contribution in [-0.2, 0) is 5.41 Å². The van der Waals surface area contributed by atoms with Crippen molar-refractivity contribution in [1.29, 1.82) is 0 Å². The molecule has 0 bridgehead atoms. The van der Waals surface area contributed by atoms with E-state index < -0.39 is 5.41 Å². The minimum absolute atomic E-state index is 0.133. The summed E-state index contributed by atoms with van der Waals surface area (Å²) in [5.74, 6) is 6.58. The monoisotopic (exact) mass is 334 g/mol. The second kappa shape index (κ2) is 6.04. The first kappa shape index (κ1) is 16.4. The number of aromatic nitrogens is 2. The number of benzene rings is 1. The first-order valence-electron chi connectivity index (χ1n) is 6.59. The molecule has 0 unspecified atom stereocenters. The molecule has 22 heavy (non-hydrogen) atoms. The van der Waals surface area contributed by atoms with E-state index in [2.05, 4.69) is 21.8 Å². The molecule has 2 rings (SSSR count). The standard InChI is InChI=1S/C16H16Cl2N4/c1-9-10(14(19)22-15(20)21-9)7-8-16(2,3)13-11(17)5-4-6-12(13)18/h4-6H,1-3H3,(H4,19,20,21,22). The summed E-state index contributed by atoms with van der Waals surface area (Å²) in [5.41, 5.74) is 12.8. The van der Waals surface area contributed by atoms with Gasteiger partial charge in [0.05, 0.1) is 16.7 Å². The molecule has 0 amide bonds. The van der Waals surface area contributed by atoms with Crippen molar-refractivity contribution in [2.75, 3.05) is 11.5 Å². The molecule has 0 fully saturated rings. The fourth-order valence-corrected chi connectivity index (χ4v) is 3.02. The molecule has 0 radical (unpaired) electrons. The normalized spacial score (nSPS) is 11.0. The van der Waals surface area contributed by atoms with Crippen LogP contribution in [0.15, 0.2) is 18.2 Å². The Labute approximate surface area is 139 Å². The van der Waals surface area contributed by atoms with Gasteiger partial charge in [-0.3, -0.25) is 0 Å². The van der Waals surface area contributed by atoms with Crippen molar-refractivity contribution in [3.05, 3.63) is 45.1 Å². The first-order chi connectivity index (χ1) is 10.2. The zero-order valence-electron chi connectivity index (χ0n) is 12.5. The Morgan fingerprint density at radius 2 is 1.68 bits per heavy atom. The van der Waals surface area contributed by atoms with Crippen LogP contribution in [-0.4, -0.2) is 9.97 Å². The Morgan fingerprint density at radius 3 is 2.23 bits per heavy atom. The summed E-state index contributed by atoms with van der Waals surface area (Å²) in [6, 6.07) is 5.38. The fraction of sp³-hybridized carbons (Fsp3) is 0.250. The van der Waals surface area contributed by atoms with Crippen LogP contribution in [0.25, 0.3) is 0 Å². The van der Waals surface area contributed by atoms with Gasteiger partial charge in [0.15, 0.2) is 0 Å². The lowest BCUT2D eigenvalue weighted by Gasteiger charge is -2.21. The summed E-state index contributed by atoms with van der Waals surface area (Å²) < 4.78 is 0. The SMILES string of the molecule is Cc1nc(N)nc(N)c1C#CC(C)(C)c1c(Cl)cccc1Cl. The highest BCUT2D eigenvalue weighted by Gasteiger charge is 2.24. The number of hydrogen-bond acceptors (Lipinski definition) is 4. The van der Waals surface area contributed by atoms with Crippen molar-refractivity contribution < 1.29 is 0 Å². The first-order valence-corrected chi connectivity index (χ1v) is 7.35. The number of nitrogen functional groups attached to an aromatic ring is 2. The minimum Gasteiger partial charge on any atom is -0.382 e. The molecular weight excluding hydrogens is 319 g/mol. The third-order valence-corrected chi connectivity index (χ3v) is 3.85. The molecule has 4 nitrogen and oxygen atoms in total. The van der Waals surface area contributed by atoms with E-state index in [1.165, 1.54) is 0 Å². The third-order valence-electron chi connectivity index (χ3n) is 3.22. The molecule has 1 aromatic heterocycles. The largest absolute Gasteiger partial charge is 0.382 e. The maximum atomic E-state index is 6.26. The number of nitrogens with two attached hydrogens (primary N) is 2. The van der Waals surface area contributed by atoms with E-state index in [4.69, 9.17) is 34.7 Å². The molecule has 4 N–H and O–H groups in total. The second-order valence-electron chi connectivity index (χ2n) is 5.40. The van der Waals surface area contributed by atoms with E-state index >= 15 is 0 Å². The molecule has 6 heteroatoms. The predicted octanol–water partition coefficient (Wildman–Crippen LogP) is 3.59. The fourth-order valence-electron chi connectivity index (χ4n) is 2.15. The van der Waals surface area contributed by atoms with Crippen molar-refractivity contribution >= 4 is 35.0 Å². The molecule has 2 aromatic rings. The smallest absolute Gasteiger partial charge is 0.222 e. The van der Waals surface area contributed by atoms with Gasteiger partial charge in [-0.15, -0.1) is 0 Å². The Bertz CT molecular complexity index is 745. The summed E-state index contributed by atoms with van der Waals surface area (Å²) in [4.78, 5) is 8.01. The number of hydrogen-bond donors (Lipinski definition) is 2. The lowest BCUT2D eigenvalue weighted by Crippen LogP contribution is -2.16. The maximum Gasteiger partial charge on any atom is 0.222 e. The topological polar surface area (TPSA) is 77.8 Å². The van der Waals surface area contributed by atoms with Gasteiger partial charge in [-0.05, 0) is 32.9 Å². The Hall–Kier alpha value is -1.96. The second-order valence-corrected chi connectivity index (χ2v) is 6.21. The van der Waals surface area contributed by atoms with Crippen LogP contribution in [0.1, 0.15) is 30.7 Å². The summed E-state index contributed by atoms with van der Waals surface area (Å²) in [6.07, 6.45) is 0. The van der Waals surface area contributed by atoms with Gasteiger partial charge in [-0.25, -0.2) is 4.98 Å². The van der Waals surface area contributed by atoms with E-state index in [1.54, 1.807) is 25.1 Å². The van der Waals surface area contributed by atoms with Crippen LogP contribution in [0, 0.1) is 18.8 Å². The molecule has 114 valence electrons. The van der Waals surface area contributed by atoms with Crippen LogP contribution in [0.4, 0.5) is 11.8 Å². The quantitative estimate of drug-likeness (QED) is 0.781. The van der Waals surface area contributed by atoms with Crippen molar-refractivity contribution in [1.82, 2.24) is 9.97 Å². The highest BCUT2D eigenvalue weighted by Crippen LogP contribution is 2.35. The number of anilines is 2. The van der Waals surface area contributed by atoms with E-state index in [1.807, 2.05) is 13.8 Å². The number of rotatable bonds is 1. The third kappa shape index (κ3) is 3.27. The zero-order valence-corrected chi connectivity index (χ0v) is 14.0. The minimum atomic E-state index is -0.560. The summed E-state index contributed by atoms with van der Waals surface area (Å²) in [5, 5.41) is 1.15. The average Bonchev–Trinajstić information content (AvgIpc) is 2.36. The van der Waals surface area contributed by atoms with Gasteiger partial charge < -0.3 is 11.5 Å². The Balaban J connectivity index is 2.51. The zero-order chi connectivity index (χ0) is 16.5. The lowest BCUT2D eigenvalue weighted by atomic mass is 9.85. The number of halogens is 2. The van der Waals surface area contributed by atoms with Crippen LogP contribution in [0.3, 0.4) is 0 Å². The van der Waals surface area contributed by atoms with Crippen LogP contribution < -0.4 is 11.5 Å². The molecule has 1 heterocycles. The average molecular weight is 335 g/mol. The van der Waals surface area contributed by atoms with E-state index in [0.717, 1.165) is 5.56 Å². The van der Waals surface area contributed by atoms with Crippen LogP contribution in [0.5, 0.6) is 0 Å². The van der Waals surface area contributed by atoms with Gasteiger partial charge in [0, 0.05) is 15.6 Å². The molecular formula is C16H16Cl2N4. The Morgan fingerprint density at radius 1 is 1.09 bits per heavy atom. The lowest BCUT2D eigenvalue weighted by molar-refractivity contribution is 0.699. The molecule has 0 saturated carbocycles. The highest BCUT2D eigenvalue weighted by molar-refractivity contribution is 6.36. The van der Waals surface area contributed by atoms with Crippen molar-refractivity contribution in [2.24, 2.45) is 0 Å². The molecule has 0 aliphatic carbocycles. The van der Waals surface area contributed by atoms with Crippen LogP contribution >= 0.6 is 23.2 Å². The van der Waals surface area contributed by atoms with Crippen molar-refractivity contribution in [2.45, 2.75) is 26.2 Å². The van der Waals surface area contributed by atoms with Gasteiger partial charge in [0.2, 0.25) is 5.95 Å². The number of aryl methyl sites for hydroxylation is 1. The molecule has 1 aromatic carbocycles. The molecule has 0 saturated heterocycles. The Kier molecular flexibility index (Phi) is 4.50. The maximum absolute atomic E-state index is 6.26. The van der Waals surface area contributed by atoms with Crippen LogP contribution in [0.2, 0.25) is 10.0 Å². The van der Waals surface area contributed by atoms with Gasteiger partial charge in [-0.1, -0.05) is 41.1 Å².